The number of benzene rings is 2. The lowest BCUT2D eigenvalue weighted by atomic mass is 10.0. The van der Waals surface area contributed by atoms with Crippen molar-refractivity contribution >= 4 is 23.4 Å². The fourth-order valence-corrected chi connectivity index (χ4v) is 2.52. The molecule has 0 aliphatic carbocycles. The highest BCUT2D eigenvalue weighted by Crippen LogP contribution is 2.29. The molecular weight excluding hydrogens is 376 g/mol. The lowest BCUT2D eigenvalue weighted by Crippen LogP contribution is -2.29. The summed E-state index contributed by atoms with van der Waals surface area (Å²) in [5.74, 6) is 0. The molecular formula is C18H19ClN2O6. The Morgan fingerprint density at radius 3 is 2.59 bits per heavy atom. The van der Waals surface area contributed by atoms with Crippen LogP contribution in [-0.4, -0.2) is 33.9 Å². The van der Waals surface area contributed by atoms with Gasteiger partial charge in [0, 0.05) is 12.6 Å². The van der Waals surface area contributed by atoms with Crippen LogP contribution in [0.2, 0.25) is 5.02 Å². The van der Waals surface area contributed by atoms with Crippen LogP contribution in [0.15, 0.2) is 48.5 Å². The monoisotopic (exact) mass is 394 g/mol. The standard InChI is InChI=1S/C18H19ClN2O6/c19-14-7-6-13(10-15(14)21(25)26)17(23)16(22)8-9-20-18(24)27-11-12-4-2-1-3-5-12/h1-7,10,16-17,22-23H,8-9,11H2,(H,20,24). The van der Waals surface area contributed by atoms with Gasteiger partial charge in [-0.15, -0.1) is 0 Å². The smallest absolute Gasteiger partial charge is 0.407 e. The number of nitro groups is 1. The van der Waals surface area contributed by atoms with Gasteiger partial charge in [-0.2, -0.15) is 0 Å². The number of hydrogen-bond donors (Lipinski definition) is 3. The molecule has 2 unspecified atom stereocenters. The van der Waals surface area contributed by atoms with E-state index < -0.39 is 23.2 Å². The van der Waals surface area contributed by atoms with Crippen LogP contribution in [0, 0.1) is 10.1 Å². The molecule has 2 aromatic rings. The Morgan fingerprint density at radius 2 is 1.93 bits per heavy atom. The second-order valence-electron chi connectivity index (χ2n) is 5.76. The summed E-state index contributed by atoms with van der Waals surface area (Å²) in [6.45, 7) is 0.174. The molecule has 0 spiro atoms. The number of amides is 1. The SMILES string of the molecule is O=C(NCCC(O)C(O)c1ccc(Cl)c([N+](=O)[O-])c1)OCc1ccccc1. The number of aliphatic hydroxyl groups is 2. The molecule has 1 amide bonds. The summed E-state index contributed by atoms with van der Waals surface area (Å²) in [6, 6.07) is 12.9. The van der Waals surface area contributed by atoms with Crippen LogP contribution in [0.1, 0.15) is 23.7 Å². The molecule has 0 saturated carbocycles. The molecule has 0 aromatic heterocycles. The van der Waals surface area contributed by atoms with E-state index in [1.54, 1.807) is 0 Å². The first kappa shape index (κ1) is 20.6. The lowest BCUT2D eigenvalue weighted by molar-refractivity contribution is -0.384. The number of aliphatic hydroxyl groups excluding tert-OH is 2. The summed E-state index contributed by atoms with van der Waals surface area (Å²) >= 11 is 5.72. The predicted octanol–water partition coefficient (Wildman–Crippen LogP) is 2.96. The van der Waals surface area contributed by atoms with Crippen molar-refractivity contribution in [1.82, 2.24) is 5.32 Å². The van der Waals surface area contributed by atoms with Crippen LogP contribution in [0.3, 0.4) is 0 Å². The fourth-order valence-electron chi connectivity index (χ4n) is 2.33. The average Bonchev–Trinajstić information content (AvgIpc) is 2.66. The summed E-state index contributed by atoms with van der Waals surface area (Å²) in [4.78, 5) is 21.8. The topological polar surface area (TPSA) is 122 Å². The van der Waals surface area contributed by atoms with E-state index in [0.717, 1.165) is 11.6 Å². The number of alkyl carbamates (subject to hydrolysis) is 1. The predicted molar refractivity (Wildman–Crippen MR) is 98.3 cm³/mol. The van der Waals surface area contributed by atoms with Gasteiger partial charge in [-0.1, -0.05) is 48.0 Å². The van der Waals surface area contributed by atoms with E-state index in [1.165, 1.54) is 12.1 Å². The van der Waals surface area contributed by atoms with E-state index in [0.29, 0.717) is 0 Å². The third-order valence-corrected chi connectivity index (χ3v) is 4.11. The minimum Gasteiger partial charge on any atom is -0.445 e. The number of nitro benzene ring substituents is 1. The third-order valence-electron chi connectivity index (χ3n) is 3.80. The molecule has 0 bridgehead atoms. The Hall–Kier alpha value is -2.68. The minimum atomic E-state index is -1.36. The second-order valence-corrected chi connectivity index (χ2v) is 6.16. The Morgan fingerprint density at radius 1 is 1.22 bits per heavy atom. The summed E-state index contributed by atoms with van der Waals surface area (Å²) < 4.78 is 5.03. The number of halogens is 1. The lowest BCUT2D eigenvalue weighted by Gasteiger charge is -2.18. The van der Waals surface area contributed by atoms with Gasteiger partial charge in [-0.25, -0.2) is 4.79 Å². The Bertz CT molecular complexity index is 787. The number of carbonyl (C=O) groups excluding carboxylic acids is 1. The summed E-state index contributed by atoms with van der Waals surface area (Å²) in [6.07, 6.45) is -3.22. The van der Waals surface area contributed by atoms with Gasteiger partial charge in [-0.3, -0.25) is 10.1 Å². The molecule has 2 atom stereocenters. The maximum absolute atomic E-state index is 11.6. The van der Waals surface area contributed by atoms with Gasteiger partial charge in [0.1, 0.15) is 17.7 Å². The van der Waals surface area contributed by atoms with Gasteiger partial charge in [0.25, 0.3) is 5.69 Å². The molecule has 8 nitrogen and oxygen atoms in total. The van der Waals surface area contributed by atoms with E-state index in [-0.39, 0.29) is 35.8 Å². The van der Waals surface area contributed by atoms with E-state index in [1.807, 2.05) is 30.3 Å². The van der Waals surface area contributed by atoms with Crippen LogP contribution in [-0.2, 0) is 11.3 Å². The maximum Gasteiger partial charge on any atom is 0.407 e. The molecule has 2 rings (SSSR count). The molecule has 9 heteroatoms. The van der Waals surface area contributed by atoms with Gasteiger partial charge in [-0.05, 0) is 23.6 Å². The summed E-state index contributed by atoms with van der Waals surface area (Å²) in [5, 5.41) is 33.5. The van der Waals surface area contributed by atoms with Crippen molar-refractivity contribution in [2.75, 3.05) is 6.54 Å². The van der Waals surface area contributed by atoms with Crippen LogP contribution in [0.5, 0.6) is 0 Å². The number of ether oxygens (including phenoxy) is 1. The minimum absolute atomic E-state index is 0.0258. The van der Waals surface area contributed by atoms with Gasteiger partial charge in [0.2, 0.25) is 0 Å². The van der Waals surface area contributed by atoms with Crippen molar-refractivity contribution in [2.45, 2.75) is 25.2 Å². The molecule has 0 radical (unpaired) electrons. The zero-order valence-corrected chi connectivity index (χ0v) is 15.0. The van der Waals surface area contributed by atoms with E-state index in [2.05, 4.69) is 5.32 Å². The van der Waals surface area contributed by atoms with Crippen LogP contribution in [0.25, 0.3) is 0 Å². The Labute approximate surface area is 160 Å². The highest BCUT2D eigenvalue weighted by atomic mass is 35.5. The van der Waals surface area contributed by atoms with Gasteiger partial charge >= 0.3 is 6.09 Å². The van der Waals surface area contributed by atoms with Crippen LogP contribution >= 0.6 is 11.6 Å². The highest BCUT2D eigenvalue weighted by molar-refractivity contribution is 6.32. The quantitative estimate of drug-likeness (QED) is 0.467. The molecule has 0 fully saturated rings. The van der Waals surface area contributed by atoms with Crippen molar-refractivity contribution in [3.05, 3.63) is 74.8 Å². The highest BCUT2D eigenvalue weighted by Gasteiger charge is 2.22. The van der Waals surface area contributed by atoms with Crippen molar-refractivity contribution in [3.8, 4) is 0 Å². The first-order chi connectivity index (χ1) is 12.9. The molecule has 0 saturated heterocycles. The first-order valence-electron chi connectivity index (χ1n) is 8.13. The zero-order chi connectivity index (χ0) is 19.8. The maximum atomic E-state index is 11.6. The number of carbonyl (C=O) groups is 1. The normalized spacial score (nSPS) is 12.9. The Balaban J connectivity index is 1.79. The third kappa shape index (κ3) is 6.21. The molecule has 2 aromatic carbocycles. The van der Waals surface area contributed by atoms with E-state index >= 15 is 0 Å². The van der Waals surface area contributed by atoms with E-state index in [9.17, 15) is 25.1 Å². The van der Waals surface area contributed by atoms with Gasteiger partial charge in [0.15, 0.2) is 0 Å². The van der Waals surface area contributed by atoms with Gasteiger partial charge < -0.3 is 20.3 Å². The van der Waals surface area contributed by atoms with Crippen molar-refractivity contribution in [3.63, 3.8) is 0 Å². The molecule has 144 valence electrons. The van der Waals surface area contributed by atoms with Crippen LogP contribution in [0.4, 0.5) is 10.5 Å². The number of nitrogens with zero attached hydrogens (tertiary/aromatic N) is 1. The van der Waals surface area contributed by atoms with Crippen molar-refractivity contribution in [1.29, 1.82) is 0 Å². The van der Waals surface area contributed by atoms with Crippen molar-refractivity contribution < 1.29 is 24.7 Å². The molecule has 0 heterocycles. The molecule has 3 N–H and O–H groups in total. The Kier molecular flexibility index (Phi) is 7.54. The number of nitrogens with one attached hydrogen (secondary N) is 1. The molecule has 0 aliphatic rings. The summed E-state index contributed by atoms with van der Waals surface area (Å²) in [5.41, 5.74) is 0.640. The fraction of sp³-hybridized carbons (Fsp3) is 0.278. The van der Waals surface area contributed by atoms with Crippen molar-refractivity contribution in [2.24, 2.45) is 0 Å². The zero-order valence-electron chi connectivity index (χ0n) is 14.2. The second kappa shape index (κ2) is 9.86. The van der Waals surface area contributed by atoms with Gasteiger partial charge in [0.05, 0.1) is 11.0 Å². The first-order valence-corrected chi connectivity index (χ1v) is 8.51. The number of rotatable bonds is 8. The summed E-state index contributed by atoms with van der Waals surface area (Å²) in [7, 11) is 0. The molecule has 27 heavy (non-hydrogen) atoms. The number of hydrogen-bond acceptors (Lipinski definition) is 6. The largest absolute Gasteiger partial charge is 0.445 e. The average molecular weight is 395 g/mol. The van der Waals surface area contributed by atoms with Crippen LogP contribution < -0.4 is 5.32 Å². The molecule has 0 aliphatic heterocycles. The van der Waals surface area contributed by atoms with E-state index in [4.69, 9.17) is 16.3 Å².